The molecule has 0 aliphatic carbocycles. The van der Waals surface area contributed by atoms with Crippen molar-refractivity contribution in [3.63, 3.8) is 0 Å². The molecule has 0 saturated carbocycles. The Morgan fingerprint density at radius 3 is 2.35 bits per heavy atom. The predicted molar refractivity (Wildman–Crippen MR) is 154 cm³/mol. The third kappa shape index (κ3) is 7.56. The second kappa shape index (κ2) is 12.6. The highest BCUT2D eigenvalue weighted by Crippen LogP contribution is 2.31. The van der Waals surface area contributed by atoms with Crippen LogP contribution in [-0.4, -0.2) is 41.6 Å². The van der Waals surface area contributed by atoms with Crippen LogP contribution in [0.3, 0.4) is 0 Å². The van der Waals surface area contributed by atoms with Gasteiger partial charge in [0.05, 0.1) is 17.6 Å². The zero-order valence-electron chi connectivity index (χ0n) is 21.6. The van der Waals surface area contributed by atoms with Crippen LogP contribution in [0.1, 0.15) is 28.7 Å². The number of rotatable bonds is 7. The summed E-state index contributed by atoms with van der Waals surface area (Å²) in [6.07, 6.45) is -1.53. The van der Waals surface area contributed by atoms with Crippen molar-refractivity contribution in [1.82, 2.24) is 0 Å². The molecule has 1 saturated heterocycles. The van der Waals surface area contributed by atoms with Crippen LogP contribution in [0, 0.1) is 13.8 Å². The van der Waals surface area contributed by atoms with Crippen LogP contribution in [0.2, 0.25) is 0 Å². The van der Waals surface area contributed by atoms with Gasteiger partial charge < -0.3 is 10.5 Å². The van der Waals surface area contributed by atoms with Crippen LogP contribution < -0.4 is 15.4 Å². The van der Waals surface area contributed by atoms with Crippen molar-refractivity contribution in [3.05, 3.63) is 89.0 Å². The zero-order valence-corrected chi connectivity index (χ0v) is 22.4. The number of aryl methyl sites for hydroxylation is 2. The van der Waals surface area contributed by atoms with Crippen LogP contribution in [0.25, 0.3) is 0 Å². The van der Waals surface area contributed by atoms with Crippen LogP contribution in [0.15, 0.2) is 86.9 Å². The number of alkyl halides is 3. The first-order chi connectivity index (χ1) is 19.1. The molecule has 12 heteroatoms. The number of hydrogen-bond acceptors (Lipinski definition) is 6. The highest BCUT2D eigenvalue weighted by molar-refractivity contribution is 8.14. The lowest BCUT2D eigenvalue weighted by Gasteiger charge is -2.29. The SMILES string of the molecule is Cc1cccc(C)c1N1C(=O)CCS/C1=N/N=C\c1ccc(C(N)=NC=Nc2ccc(OC(F)(F)F)cc2)cc1. The van der Waals surface area contributed by atoms with Gasteiger partial charge in [-0.3, -0.25) is 9.69 Å². The van der Waals surface area contributed by atoms with E-state index in [1.165, 1.54) is 30.2 Å². The van der Waals surface area contributed by atoms with E-state index in [-0.39, 0.29) is 17.5 Å². The maximum Gasteiger partial charge on any atom is 0.573 e. The monoisotopic (exact) mass is 566 g/mol. The summed E-state index contributed by atoms with van der Waals surface area (Å²) < 4.78 is 40.6. The average molecular weight is 567 g/mol. The van der Waals surface area contributed by atoms with Gasteiger partial charge in [-0.05, 0) is 54.8 Å². The van der Waals surface area contributed by atoms with Crippen molar-refractivity contribution in [1.29, 1.82) is 0 Å². The number of amidine groups is 2. The first-order valence-corrected chi connectivity index (χ1v) is 13.0. The fourth-order valence-corrected chi connectivity index (χ4v) is 4.70. The number of carbonyl (C=O) groups excluding carboxylic acids is 1. The van der Waals surface area contributed by atoms with E-state index in [9.17, 15) is 18.0 Å². The van der Waals surface area contributed by atoms with Crippen molar-refractivity contribution in [3.8, 4) is 5.75 Å². The predicted octanol–water partition coefficient (Wildman–Crippen LogP) is 6.13. The number of aliphatic imine (C=N–C) groups is 2. The quantitative estimate of drug-likeness (QED) is 0.211. The molecule has 40 heavy (non-hydrogen) atoms. The number of carbonyl (C=O) groups is 1. The molecule has 1 aliphatic heterocycles. The van der Waals surface area contributed by atoms with Crippen LogP contribution >= 0.6 is 11.8 Å². The van der Waals surface area contributed by atoms with Crippen LogP contribution in [0.5, 0.6) is 5.75 Å². The van der Waals surface area contributed by atoms with Gasteiger partial charge in [-0.1, -0.05) is 54.2 Å². The van der Waals surface area contributed by atoms with Crippen LogP contribution in [-0.2, 0) is 4.79 Å². The summed E-state index contributed by atoms with van der Waals surface area (Å²) in [6.45, 7) is 3.93. The molecule has 206 valence electrons. The molecule has 3 aromatic rings. The molecule has 0 atom stereocenters. The minimum atomic E-state index is -4.75. The normalized spacial score (nSPS) is 15.9. The van der Waals surface area contributed by atoms with Crippen molar-refractivity contribution in [2.24, 2.45) is 25.9 Å². The number of ether oxygens (including phenoxy) is 1. The number of anilines is 1. The van der Waals surface area contributed by atoms with Crippen molar-refractivity contribution in [2.45, 2.75) is 26.6 Å². The van der Waals surface area contributed by atoms with E-state index in [2.05, 4.69) is 24.9 Å². The molecule has 0 radical (unpaired) electrons. The van der Waals surface area contributed by atoms with Gasteiger partial charge in [-0.25, -0.2) is 9.98 Å². The van der Waals surface area contributed by atoms with Crippen LogP contribution in [0.4, 0.5) is 24.5 Å². The molecular formula is C28H25F3N6O2S. The van der Waals surface area contributed by atoms with Gasteiger partial charge in [0.15, 0.2) is 5.17 Å². The number of benzene rings is 3. The highest BCUT2D eigenvalue weighted by atomic mass is 32.2. The second-order valence-electron chi connectivity index (χ2n) is 8.62. The second-order valence-corrected chi connectivity index (χ2v) is 9.68. The van der Waals surface area contributed by atoms with Gasteiger partial charge in [0.2, 0.25) is 5.91 Å². The molecule has 1 amide bonds. The Kier molecular flexibility index (Phi) is 9.00. The lowest BCUT2D eigenvalue weighted by Crippen LogP contribution is -2.40. The molecule has 1 heterocycles. The lowest BCUT2D eigenvalue weighted by atomic mass is 10.1. The Balaban J connectivity index is 1.41. The Hall–Kier alpha value is -4.45. The Morgan fingerprint density at radius 2 is 1.70 bits per heavy atom. The summed E-state index contributed by atoms with van der Waals surface area (Å²) in [7, 11) is 0. The van der Waals surface area contributed by atoms with E-state index in [1.54, 1.807) is 35.4 Å². The molecule has 4 rings (SSSR count). The molecule has 8 nitrogen and oxygen atoms in total. The molecule has 0 spiro atoms. The Labute approximate surface area is 233 Å². The van der Waals surface area contributed by atoms with Crippen molar-refractivity contribution in [2.75, 3.05) is 10.7 Å². The number of nitrogens with two attached hydrogens (primary N) is 1. The first-order valence-electron chi connectivity index (χ1n) is 12.1. The zero-order chi connectivity index (χ0) is 28.7. The summed E-state index contributed by atoms with van der Waals surface area (Å²) in [4.78, 5) is 22.5. The molecule has 0 unspecified atom stereocenters. The molecule has 1 aliphatic rings. The van der Waals surface area contributed by atoms with Gasteiger partial charge in [0.25, 0.3) is 0 Å². The molecule has 3 aromatic carbocycles. The molecule has 1 fully saturated rings. The molecule has 0 bridgehead atoms. The number of halogens is 3. The summed E-state index contributed by atoms with van der Waals surface area (Å²) in [5, 5.41) is 9.08. The van der Waals surface area contributed by atoms with E-state index in [4.69, 9.17) is 5.73 Å². The fraction of sp³-hybridized carbons (Fsp3) is 0.179. The maximum absolute atomic E-state index is 12.8. The number of amides is 1. The molecule has 0 aromatic heterocycles. The first kappa shape index (κ1) is 28.6. The van der Waals surface area contributed by atoms with Gasteiger partial charge >= 0.3 is 6.36 Å². The fourth-order valence-electron chi connectivity index (χ4n) is 3.82. The third-order valence-corrected chi connectivity index (χ3v) is 6.61. The van der Waals surface area contributed by atoms with Gasteiger partial charge in [0.1, 0.15) is 17.9 Å². The number of nitrogens with zero attached hydrogens (tertiary/aromatic N) is 5. The lowest BCUT2D eigenvalue weighted by molar-refractivity contribution is -0.274. The maximum atomic E-state index is 12.8. The molecule has 2 N–H and O–H groups in total. The van der Waals surface area contributed by atoms with Crippen molar-refractivity contribution >= 4 is 52.6 Å². The highest BCUT2D eigenvalue weighted by Gasteiger charge is 2.31. The van der Waals surface area contributed by atoms with Crippen molar-refractivity contribution < 1.29 is 22.7 Å². The minimum absolute atomic E-state index is 0.0137. The Bertz CT molecular complexity index is 1460. The van der Waals surface area contributed by atoms with E-state index in [1.807, 2.05) is 32.0 Å². The smallest absolute Gasteiger partial charge is 0.406 e. The van der Waals surface area contributed by atoms with E-state index >= 15 is 0 Å². The standard InChI is InChI=1S/C28H25F3N6O2S/c1-18-4-3-5-19(2)25(18)37-24(38)14-15-40-27(37)36-35-16-20-6-8-21(9-7-20)26(32)34-17-33-22-10-12-23(13-11-22)39-28(29,30)31/h3-13,16-17H,14-15H2,1-2H3,(H2,32,33,34)/b35-16-,36-27+. The van der Waals surface area contributed by atoms with Gasteiger partial charge in [0, 0.05) is 17.7 Å². The van der Waals surface area contributed by atoms with E-state index in [0.29, 0.717) is 28.6 Å². The van der Waals surface area contributed by atoms with E-state index in [0.717, 1.165) is 34.5 Å². The third-order valence-electron chi connectivity index (χ3n) is 5.68. The number of hydrogen-bond donors (Lipinski definition) is 1. The summed E-state index contributed by atoms with van der Waals surface area (Å²) in [5.41, 5.74) is 10.6. The van der Waals surface area contributed by atoms with Gasteiger partial charge in [-0.15, -0.1) is 18.3 Å². The number of thioether (sulfide) groups is 1. The topological polar surface area (TPSA) is 105 Å². The number of para-hydroxylation sites is 1. The average Bonchev–Trinajstić information content (AvgIpc) is 2.90. The van der Waals surface area contributed by atoms with E-state index < -0.39 is 6.36 Å². The van der Waals surface area contributed by atoms with Gasteiger partial charge in [-0.2, -0.15) is 5.10 Å². The summed E-state index contributed by atoms with van der Waals surface area (Å²) in [5.74, 6) is 0.489. The summed E-state index contributed by atoms with van der Waals surface area (Å²) in [6, 6.07) is 18.0. The summed E-state index contributed by atoms with van der Waals surface area (Å²) >= 11 is 1.48. The largest absolute Gasteiger partial charge is 0.573 e. The minimum Gasteiger partial charge on any atom is -0.406 e. The Morgan fingerprint density at radius 1 is 1.02 bits per heavy atom. The molecular weight excluding hydrogens is 541 g/mol.